The topological polar surface area (TPSA) is 102 Å². The second kappa shape index (κ2) is 5.94. The van der Waals surface area contributed by atoms with E-state index in [0.717, 1.165) is 0 Å². The fourth-order valence-electron chi connectivity index (χ4n) is 2.31. The molecule has 1 atom stereocenters. The summed E-state index contributed by atoms with van der Waals surface area (Å²) in [7, 11) is 0. The number of hydrogen-bond acceptors (Lipinski definition) is 4. The van der Waals surface area contributed by atoms with E-state index < -0.39 is 5.41 Å². The minimum Gasteiger partial charge on any atom is -0.369 e. The summed E-state index contributed by atoms with van der Waals surface area (Å²) in [6.07, 6.45) is 2.11. The molecule has 4 N–H and O–H groups in total. The van der Waals surface area contributed by atoms with Crippen molar-refractivity contribution >= 4 is 11.8 Å². The fourth-order valence-corrected chi connectivity index (χ4v) is 2.31. The number of pyridine rings is 1. The number of hydrogen-bond donors (Lipinski definition) is 2. The standard InChI is InChI=1S/C15H18N4O2/c1-15(14(17)21)6-9-19(10-15)13(20)12-11(4-2-7-16)5-3-8-18-12/h3,5,8H,6-7,9-10,16H2,1H3,(H2,17,21). The molecule has 6 heteroatoms. The minimum atomic E-state index is -0.673. The first kappa shape index (κ1) is 15.0. The van der Waals surface area contributed by atoms with E-state index in [9.17, 15) is 9.59 Å². The molecular weight excluding hydrogens is 268 g/mol. The quantitative estimate of drug-likeness (QED) is 0.730. The van der Waals surface area contributed by atoms with Crippen LogP contribution < -0.4 is 11.5 Å². The van der Waals surface area contributed by atoms with Crippen molar-refractivity contribution in [2.75, 3.05) is 19.6 Å². The van der Waals surface area contributed by atoms with E-state index in [2.05, 4.69) is 16.8 Å². The fraction of sp³-hybridized carbons (Fsp3) is 0.400. The van der Waals surface area contributed by atoms with Gasteiger partial charge in [0.15, 0.2) is 0 Å². The number of amides is 2. The number of carbonyl (C=O) groups is 2. The lowest BCUT2D eigenvalue weighted by Gasteiger charge is -2.21. The average molecular weight is 286 g/mol. The molecule has 1 aromatic rings. The predicted octanol–water partition coefficient (Wildman–Crippen LogP) is -0.271. The van der Waals surface area contributed by atoms with Gasteiger partial charge in [-0.15, -0.1) is 0 Å². The highest BCUT2D eigenvalue weighted by atomic mass is 16.2. The molecule has 1 aromatic heterocycles. The van der Waals surface area contributed by atoms with Crippen LogP contribution in [-0.2, 0) is 4.79 Å². The summed E-state index contributed by atoms with van der Waals surface area (Å²) >= 11 is 0. The van der Waals surface area contributed by atoms with Crippen molar-refractivity contribution < 1.29 is 9.59 Å². The Morgan fingerprint density at radius 3 is 2.90 bits per heavy atom. The van der Waals surface area contributed by atoms with E-state index >= 15 is 0 Å². The van der Waals surface area contributed by atoms with Crippen LogP contribution in [0.2, 0.25) is 0 Å². The van der Waals surface area contributed by atoms with Crippen molar-refractivity contribution in [2.45, 2.75) is 13.3 Å². The van der Waals surface area contributed by atoms with Crippen LogP contribution >= 0.6 is 0 Å². The highest BCUT2D eigenvalue weighted by Gasteiger charge is 2.41. The maximum atomic E-state index is 12.6. The first-order chi connectivity index (χ1) is 9.98. The second-order valence-corrected chi connectivity index (χ2v) is 5.31. The molecule has 1 aliphatic heterocycles. The normalized spacial score (nSPS) is 20.8. The number of nitrogens with two attached hydrogens (primary N) is 2. The van der Waals surface area contributed by atoms with Gasteiger partial charge in [0.1, 0.15) is 5.69 Å². The van der Waals surface area contributed by atoms with Gasteiger partial charge in [0.05, 0.1) is 17.5 Å². The van der Waals surface area contributed by atoms with E-state index in [4.69, 9.17) is 11.5 Å². The molecule has 0 radical (unpaired) electrons. The van der Waals surface area contributed by atoms with Gasteiger partial charge in [0.2, 0.25) is 5.91 Å². The van der Waals surface area contributed by atoms with Crippen LogP contribution in [-0.4, -0.2) is 41.3 Å². The van der Waals surface area contributed by atoms with Crippen LogP contribution in [0.3, 0.4) is 0 Å². The third-order valence-electron chi connectivity index (χ3n) is 3.69. The lowest BCUT2D eigenvalue weighted by atomic mass is 9.89. The lowest BCUT2D eigenvalue weighted by Crippen LogP contribution is -2.39. The largest absolute Gasteiger partial charge is 0.369 e. The first-order valence-corrected chi connectivity index (χ1v) is 6.71. The van der Waals surface area contributed by atoms with Crippen LogP contribution in [0.25, 0.3) is 0 Å². The lowest BCUT2D eigenvalue weighted by molar-refractivity contribution is -0.126. The summed E-state index contributed by atoms with van der Waals surface area (Å²) < 4.78 is 0. The van der Waals surface area contributed by atoms with Crippen LogP contribution in [0.4, 0.5) is 0 Å². The van der Waals surface area contributed by atoms with E-state index in [-0.39, 0.29) is 24.1 Å². The van der Waals surface area contributed by atoms with Crippen molar-refractivity contribution in [1.82, 2.24) is 9.88 Å². The SMILES string of the molecule is CC1(C(N)=O)CCN(C(=O)c2ncccc2C#CCN)C1. The number of primary amides is 1. The molecule has 0 spiro atoms. The molecule has 21 heavy (non-hydrogen) atoms. The van der Waals surface area contributed by atoms with E-state index in [1.807, 2.05) is 0 Å². The van der Waals surface area contributed by atoms with Crippen molar-refractivity contribution in [3.8, 4) is 11.8 Å². The molecule has 1 fully saturated rings. The zero-order valence-corrected chi connectivity index (χ0v) is 11.9. The summed E-state index contributed by atoms with van der Waals surface area (Å²) in [5, 5.41) is 0. The predicted molar refractivity (Wildman–Crippen MR) is 78.0 cm³/mol. The molecule has 2 rings (SSSR count). The van der Waals surface area contributed by atoms with Gasteiger partial charge in [-0.1, -0.05) is 11.8 Å². The summed E-state index contributed by atoms with van der Waals surface area (Å²) in [5.41, 5.74) is 10.9. The Morgan fingerprint density at radius 1 is 1.52 bits per heavy atom. The molecule has 2 amide bonds. The Labute approximate surface area is 123 Å². The van der Waals surface area contributed by atoms with Crippen LogP contribution in [0.5, 0.6) is 0 Å². The average Bonchev–Trinajstić information content (AvgIpc) is 2.89. The third kappa shape index (κ3) is 3.03. The van der Waals surface area contributed by atoms with Crippen LogP contribution in [0.15, 0.2) is 18.3 Å². The Kier molecular flexibility index (Phi) is 4.24. The number of rotatable bonds is 2. The summed E-state index contributed by atoms with van der Waals surface area (Å²) in [4.78, 5) is 29.7. The number of likely N-dealkylation sites (tertiary alicyclic amines) is 1. The maximum absolute atomic E-state index is 12.6. The smallest absolute Gasteiger partial charge is 0.273 e. The Hall–Kier alpha value is -2.39. The molecule has 0 aromatic carbocycles. The molecule has 1 aliphatic rings. The maximum Gasteiger partial charge on any atom is 0.273 e. The van der Waals surface area contributed by atoms with Gasteiger partial charge >= 0.3 is 0 Å². The molecule has 1 unspecified atom stereocenters. The molecule has 0 aliphatic carbocycles. The molecule has 6 nitrogen and oxygen atoms in total. The van der Waals surface area contributed by atoms with Crippen LogP contribution in [0.1, 0.15) is 29.4 Å². The second-order valence-electron chi connectivity index (χ2n) is 5.31. The summed E-state index contributed by atoms with van der Waals surface area (Å²) in [6, 6.07) is 3.45. The Balaban J connectivity index is 2.24. The van der Waals surface area contributed by atoms with Gasteiger partial charge < -0.3 is 16.4 Å². The molecule has 110 valence electrons. The number of nitrogens with zero attached hydrogens (tertiary/aromatic N) is 2. The first-order valence-electron chi connectivity index (χ1n) is 6.71. The molecule has 1 saturated heterocycles. The van der Waals surface area contributed by atoms with Gasteiger partial charge in [-0.05, 0) is 25.5 Å². The van der Waals surface area contributed by atoms with Crippen molar-refractivity contribution in [3.63, 3.8) is 0 Å². The Morgan fingerprint density at radius 2 is 2.29 bits per heavy atom. The van der Waals surface area contributed by atoms with Crippen molar-refractivity contribution in [1.29, 1.82) is 0 Å². The number of carbonyl (C=O) groups excluding carboxylic acids is 2. The number of aromatic nitrogens is 1. The highest BCUT2D eigenvalue weighted by molar-refractivity contribution is 5.95. The minimum absolute atomic E-state index is 0.214. The van der Waals surface area contributed by atoms with E-state index in [1.165, 1.54) is 0 Å². The van der Waals surface area contributed by atoms with Crippen molar-refractivity contribution in [3.05, 3.63) is 29.6 Å². The highest BCUT2D eigenvalue weighted by Crippen LogP contribution is 2.30. The van der Waals surface area contributed by atoms with Gasteiger partial charge in [0.25, 0.3) is 5.91 Å². The Bertz CT molecular complexity index is 632. The molecule has 0 bridgehead atoms. The molecule has 0 saturated carbocycles. The molecular formula is C15H18N4O2. The monoisotopic (exact) mass is 286 g/mol. The molecule has 2 heterocycles. The zero-order valence-electron chi connectivity index (χ0n) is 11.9. The van der Waals surface area contributed by atoms with Gasteiger partial charge in [-0.2, -0.15) is 0 Å². The summed E-state index contributed by atoms with van der Waals surface area (Å²) in [5.74, 6) is 4.94. The van der Waals surface area contributed by atoms with E-state index in [0.29, 0.717) is 25.1 Å². The van der Waals surface area contributed by atoms with Crippen LogP contribution in [0, 0.1) is 17.3 Å². The third-order valence-corrected chi connectivity index (χ3v) is 3.69. The van der Waals surface area contributed by atoms with Gasteiger partial charge in [0, 0.05) is 19.3 Å². The van der Waals surface area contributed by atoms with Gasteiger partial charge in [-0.25, -0.2) is 4.98 Å². The van der Waals surface area contributed by atoms with Crippen molar-refractivity contribution in [2.24, 2.45) is 16.9 Å². The zero-order chi connectivity index (χ0) is 15.5. The van der Waals surface area contributed by atoms with E-state index in [1.54, 1.807) is 30.2 Å². The summed E-state index contributed by atoms with van der Waals surface area (Å²) in [6.45, 7) is 2.78. The van der Waals surface area contributed by atoms with Gasteiger partial charge in [-0.3, -0.25) is 9.59 Å².